The summed E-state index contributed by atoms with van der Waals surface area (Å²) in [6, 6.07) is -2.29. The lowest BCUT2D eigenvalue weighted by Gasteiger charge is -2.19. The minimum absolute atomic E-state index is 0.0252. The normalized spacial score (nSPS) is 12.6. The van der Waals surface area contributed by atoms with Crippen LogP contribution in [0.3, 0.4) is 0 Å². The zero-order valence-corrected chi connectivity index (χ0v) is 59.4. The molecular weight excluding hydrogens is 1130 g/mol. The van der Waals surface area contributed by atoms with Crippen LogP contribution in [0.2, 0.25) is 0 Å². The number of nitrogens with two attached hydrogens (primary N) is 2. The zero-order chi connectivity index (χ0) is 66.1. The van der Waals surface area contributed by atoms with Gasteiger partial charge in [0.2, 0.25) is 17.7 Å². The van der Waals surface area contributed by atoms with Crippen LogP contribution in [0.5, 0.6) is 0 Å². The van der Waals surface area contributed by atoms with Gasteiger partial charge in [-0.2, -0.15) is 15.3 Å². The first-order valence-electron chi connectivity index (χ1n) is 38.5. The molecule has 4 amide bonds. The predicted octanol–water partition coefficient (Wildman–Crippen LogP) is 20.8. The summed E-state index contributed by atoms with van der Waals surface area (Å²) in [6.45, 7) is 6.81. The molecule has 0 fully saturated rings. The molecule has 0 spiro atoms. The van der Waals surface area contributed by atoms with E-state index < -0.39 is 23.9 Å². The highest BCUT2D eigenvalue weighted by molar-refractivity contribution is 5.92. The second-order valence-electron chi connectivity index (χ2n) is 26.1. The third-order valence-electron chi connectivity index (χ3n) is 17.2. The molecule has 0 saturated heterocycles. The van der Waals surface area contributed by atoms with Gasteiger partial charge in [-0.05, 0) is 128 Å². The summed E-state index contributed by atoms with van der Waals surface area (Å²) in [4.78, 5) is 57.2. The fraction of sp³-hybridized carbons (Fsp3) is 0.818. The first kappa shape index (κ1) is 86.4. The maximum atomic E-state index is 13.7. The van der Waals surface area contributed by atoms with Crippen LogP contribution in [-0.2, 0) is 19.2 Å². The Kier molecular flexibility index (Phi) is 69.1. The number of hydrazone groups is 3. The summed E-state index contributed by atoms with van der Waals surface area (Å²) in [5.41, 5.74) is 19.2. The molecule has 0 aliphatic carbocycles. The van der Waals surface area contributed by atoms with Crippen molar-refractivity contribution in [2.75, 3.05) is 0 Å². The van der Waals surface area contributed by atoms with E-state index in [4.69, 9.17) is 11.5 Å². The van der Waals surface area contributed by atoms with E-state index in [0.29, 0.717) is 6.42 Å². The van der Waals surface area contributed by atoms with Gasteiger partial charge in [-0.15, -0.1) is 0 Å². The molecule has 0 aromatic carbocycles. The molecular formula is C77H144N10O4. The molecule has 0 aliphatic rings. The lowest BCUT2D eigenvalue weighted by molar-refractivity contribution is -0.130. The van der Waals surface area contributed by atoms with E-state index in [1.807, 2.05) is 0 Å². The van der Waals surface area contributed by atoms with E-state index >= 15 is 0 Å². The lowest BCUT2D eigenvalue weighted by atomic mass is 10.1. The molecule has 0 aromatic rings. The van der Waals surface area contributed by atoms with Crippen molar-refractivity contribution in [1.29, 1.82) is 0 Å². The van der Waals surface area contributed by atoms with Crippen LogP contribution in [0.25, 0.3) is 0 Å². The molecule has 14 nitrogen and oxygen atoms in total. The molecule has 0 saturated carbocycles. The van der Waals surface area contributed by atoms with Crippen LogP contribution in [0, 0.1) is 0 Å². The average molecular weight is 1270 g/mol. The second kappa shape index (κ2) is 72.8. The molecule has 0 aromatic heterocycles. The average Bonchev–Trinajstić information content (AvgIpc) is 2.97. The van der Waals surface area contributed by atoms with Gasteiger partial charge in [0.25, 0.3) is 5.91 Å². The highest BCUT2D eigenvalue weighted by Crippen LogP contribution is 2.17. The first-order chi connectivity index (χ1) is 44.7. The standard InChI is InChI=1S/C77H144N10O4/c1-4-7-10-13-16-19-22-25-28-31-34-37-40-43-46-49-52-55-58-61-68-80-85-73(88)66-64-71(84-77(78)79)75(90)83-72(76(91)87-82-70-63-60-57-54-51-48-45-42-39-36-33-30-27-24-21-18-15-12-9-6-3)65-67-74(89)86-81-69-62-59-56-53-50-47-44-41-38-35-32-29-26-23-20-17-14-11-8-5-2/h25-30,68-72H,4-24,31-67H2,1-3H3,(H,83,90)(H,85,88)(H,86,89)(H,87,91)(H4,78,79,84)/b28-25-,29-26-,30-27-,80-68+,81-69+,82-70+/t71-,72-/m0/s1. The van der Waals surface area contributed by atoms with E-state index in [2.05, 4.69) is 99.1 Å². The second-order valence-corrected chi connectivity index (χ2v) is 26.1. The summed E-state index contributed by atoms with van der Waals surface area (Å²) in [5, 5.41) is 15.2. The van der Waals surface area contributed by atoms with Gasteiger partial charge in [-0.3, -0.25) is 19.2 Å². The Morgan fingerprint density at radius 1 is 0.308 bits per heavy atom. The van der Waals surface area contributed by atoms with Gasteiger partial charge in [0.15, 0.2) is 5.96 Å². The maximum Gasteiger partial charge on any atom is 0.262 e. The molecule has 0 aliphatic heterocycles. The largest absolute Gasteiger partial charge is 0.370 e. The molecule has 8 N–H and O–H groups in total. The highest BCUT2D eigenvalue weighted by atomic mass is 16.2. The molecule has 14 heteroatoms. The van der Waals surface area contributed by atoms with Crippen molar-refractivity contribution in [3.05, 3.63) is 36.5 Å². The molecule has 0 unspecified atom stereocenters. The summed E-state index contributed by atoms with van der Waals surface area (Å²) < 4.78 is 0. The minimum atomic E-state index is -1.16. The van der Waals surface area contributed by atoms with Gasteiger partial charge >= 0.3 is 0 Å². The smallest absolute Gasteiger partial charge is 0.262 e. The Hall–Kier alpha value is -4.62. The van der Waals surface area contributed by atoms with Crippen molar-refractivity contribution < 1.29 is 19.2 Å². The quantitative estimate of drug-likeness (QED) is 0.0114. The number of hydrogen-bond acceptors (Lipinski definition) is 8. The number of nitrogens with zero attached hydrogens (tertiary/aromatic N) is 4. The molecule has 526 valence electrons. The van der Waals surface area contributed by atoms with Crippen molar-refractivity contribution in [3.63, 3.8) is 0 Å². The predicted molar refractivity (Wildman–Crippen MR) is 394 cm³/mol. The number of allylic oxidation sites excluding steroid dienone is 6. The van der Waals surface area contributed by atoms with Crippen LogP contribution in [0.4, 0.5) is 0 Å². The van der Waals surface area contributed by atoms with Crippen LogP contribution < -0.4 is 33.1 Å². The number of nitrogens with one attached hydrogen (secondary N) is 4. The van der Waals surface area contributed by atoms with E-state index in [1.54, 1.807) is 18.6 Å². The number of hydrogen-bond donors (Lipinski definition) is 6. The molecule has 91 heavy (non-hydrogen) atoms. The van der Waals surface area contributed by atoms with Gasteiger partial charge in [0.1, 0.15) is 12.1 Å². The van der Waals surface area contributed by atoms with Gasteiger partial charge in [0.05, 0.1) is 0 Å². The van der Waals surface area contributed by atoms with Gasteiger partial charge in [-0.25, -0.2) is 21.3 Å². The summed E-state index contributed by atoms with van der Waals surface area (Å²) in [6.07, 6.45) is 86.3. The van der Waals surface area contributed by atoms with Gasteiger partial charge < -0.3 is 16.8 Å². The molecule has 0 radical (unpaired) electrons. The topological polar surface area (TPSA) is 218 Å². The number of unbranched alkanes of at least 4 members (excludes halogenated alkanes) is 48. The van der Waals surface area contributed by atoms with Crippen LogP contribution in [-0.4, -0.2) is 60.3 Å². The number of carbonyl (C=O) groups excluding carboxylic acids is 4. The zero-order valence-electron chi connectivity index (χ0n) is 59.4. The van der Waals surface area contributed by atoms with Crippen molar-refractivity contribution in [1.82, 2.24) is 21.6 Å². The van der Waals surface area contributed by atoms with Gasteiger partial charge in [-0.1, -0.05) is 288 Å². The van der Waals surface area contributed by atoms with Crippen molar-refractivity contribution in [3.8, 4) is 0 Å². The highest BCUT2D eigenvalue weighted by Gasteiger charge is 2.27. The van der Waals surface area contributed by atoms with E-state index in [9.17, 15) is 19.2 Å². The van der Waals surface area contributed by atoms with Gasteiger partial charge in [0, 0.05) is 31.5 Å². The maximum absolute atomic E-state index is 13.7. The molecule has 0 heterocycles. The van der Waals surface area contributed by atoms with E-state index in [0.717, 1.165) is 51.4 Å². The SMILES string of the molecule is CCCCCCCC/C=C\CCCCCCCCCCC/C=N/NC(=O)CC[C@H](N=C(N)N)C(=O)N[C@@H](CCC(=O)N/N=C/CCCCCCCCCCC/C=C\CCCCCCCC)C(=O)N/N=C/CCCCCCCCCCC/C=C\CCCCCCCC. The number of guanidine groups is 1. The molecule has 2 atom stereocenters. The Labute approximate surface area is 559 Å². The third-order valence-corrected chi connectivity index (χ3v) is 17.2. The monoisotopic (exact) mass is 1270 g/mol. The van der Waals surface area contributed by atoms with E-state index in [-0.39, 0.29) is 43.5 Å². The van der Waals surface area contributed by atoms with Crippen molar-refractivity contribution in [2.24, 2.45) is 31.8 Å². The van der Waals surface area contributed by atoms with Crippen molar-refractivity contribution in [2.45, 2.75) is 405 Å². The molecule has 0 bridgehead atoms. The number of rotatable bonds is 70. The number of aliphatic imine (C=N–C) groups is 1. The Balaban J connectivity index is 4.85. The number of amides is 4. The summed E-state index contributed by atoms with van der Waals surface area (Å²) in [5.74, 6) is -2.33. The number of carbonyl (C=O) groups is 4. The first-order valence-corrected chi connectivity index (χ1v) is 38.5. The third kappa shape index (κ3) is 68.1. The van der Waals surface area contributed by atoms with Crippen molar-refractivity contribution >= 4 is 48.2 Å². The fourth-order valence-corrected chi connectivity index (χ4v) is 11.3. The van der Waals surface area contributed by atoms with Crippen LogP contribution in [0.1, 0.15) is 393 Å². The van der Waals surface area contributed by atoms with Crippen LogP contribution in [0.15, 0.2) is 56.8 Å². The Morgan fingerprint density at radius 3 is 0.824 bits per heavy atom. The minimum Gasteiger partial charge on any atom is -0.370 e. The lowest BCUT2D eigenvalue weighted by Crippen LogP contribution is -2.49. The summed E-state index contributed by atoms with van der Waals surface area (Å²) >= 11 is 0. The fourth-order valence-electron chi connectivity index (χ4n) is 11.3. The molecule has 0 rings (SSSR count). The summed E-state index contributed by atoms with van der Waals surface area (Å²) in [7, 11) is 0. The van der Waals surface area contributed by atoms with Crippen LogP contribution >= 0.6 is 0 Å². The Morgan fingerprint density at radius 2 is 0.549 bits per heavy atom. The Bertz CT molecular complexity index is 1840. The van der Waals surface area contributed by atoms with E-state index in [1.165, 1.54) is 289 Å².